The Morgan fingerprint density at radius 1 is 1.11 bits per heavy atom. The third-order valence-corrected chi connectivity index (χ3v) is 7.17. The number of hydrogen-bond acceptors (Lipinski definition) is 6. The van der Waals surface area contributed by atoms with Crippen LogP contribution in [0.1, 0.15) is 41.8 Å². The lowest BCUT2D eigenvalue weighted by Gasteiger charge is -2.31. The number of hydrogen-bond donors (Lipinski definition) is 0. The normalized spacial score (nSPS) is 14.9. The van der Waals surface area contributed by atoms with Crippen LogP contribution in [0.3, 0.4) is 0 Å². The number of aromatic nitrogens is 1. The van der Waals surface area contributed by atoms with E-state index < -0.39 is 0 Å². The Kier molecular flexibility index (Phi) is 7.88. The molecule has 37 heavy (non-hydrogen) atoms. The average Bonchev–Trinajstić information content (AvgIpc) is 3.58. The van der Waals surface area contributed by atoms with Crippen molar-refractivity contribution in [3.63, 3.8) is 0 Å². The molecule has 4 aromatic rings. The van der Waals surface area contributed by atoms with Crippen molar-refractivity contribution < 1.29 is 13.7 Å². The number of fused-ring (bicyclic) bond motifs is 1. The standard InChI is InChI=1S/C30H34N4O3/c1-31-24-9-6-23(7-10-24)21-36-29-13-11-26-28(32-37-30(26)27(29)20-33(2)3)12-8-22-14-16-34(17-15-22)19-25-5-4-18-35-25/h4-7,9-11,13,18,22H,8,12,14-17,19-21H2,2-3H3. The molecule has 1 fully saturated rings. The maximum atomic E-state index is 7.12. The largest absolute Gasteiger partial charge is 0.488 e. The van der Waals surface area contributed by atoms with E-state index in [0.717, 1.165) is 71.8 Å². The summed E-state index contributed by atoms with van der Waals surface area (Å²) < 4.78 is 17.6. The van der Waals surface area contributed by atoms with Gasteiger partial charge >= 0.3 is 0 Å². The lowest BCUT2D eigenvalue weighted by Crippen LogP contribution is -2.33. The molecule has 192 valence electrons. The minimum absolute atomic E-state index is 0.434. The van der Waals surface area contributed by atoms with Crippen molar-refractivity contribution in [3.8, 4) is 5.75 Å². The van der Waals surface area contributed by atoms with E-state index in [1.165, 1.54) is 12.8 Å². The quantitative estimate of drug-likeness (QED) is 0.234. The fourth-order valence-corrected chi connectivity index (χ4v) is 5.10. The van der Waals surface area contributed by atoms with Crippen molar-refractivity contribution in [1.82, 2.24) is 15.0 Å². The molecule has 0 atom stereocenters. The molecule has 1 saturated heterocycles. The van der Waals surface area contributed by atoms with Crippen LogP contribution in [0, 0.1) is 12.5 Å². The maximum absolute atomic E-state index is 7.12. The average molecular weight is 499 g/mol. The van der Waals surface area contributed by atoms with E-state index >= 15 is 0 Å². The van der Waals surface area contributed by atoms with Gasteiger partial charge in [0.1, 0.15) is 18.1 Å². The molecular weight excluding hydrogens is 464 g/mol. The van der Waals surface area contributed by atoms with Crippen molar-refractivity contribution in [3.05, 3.63) is 88.8 Å². The number of furan rings is 1. The van der Waals surface area contributed by atoms with E-state index in [-0.39, 0.29) is 0 Å². The van der Waals surface area contributed by atoms with Gasteiger partial charge in [0, 0.05) is 11.9 Å². The summed E-state index contributed by atoms with van der Waals surface area (Å²) in [6.45, 7) is 11.4. The summed E-state index contributed by atoms with van der Waals surface area (Å²) in [5, 5.41) is 5.58. The monoisotopic (exact) mass is 498 g/mol. The van der Waals surface area contributed by atoms with E-state index in [0.29, 0.717) is 24.8 Å². The predicted molar refractivity (Wildman–Crippen MR) is 143 cm³/mol. The van der Waals surface area contributed by atoms with Crippen LogP contribution < -0.4 is 4.74 Å². The van der Waals surface area contributed by atoms with Gasteiger partial charge in [0.15, 0.2) is 11.3 Å². The van der Waals surface area contributed by atoms with Crippen LogP contribution in [0.4, 0.5) is 5.69 Å². The molecule has 0 unspecified atom stereocenters. The molecular formula is C30H34N4O3. The molecule has 3 heterocycles. The van der Waals surface area contributed by atoms with Gasteiger partial charge in [-0.05, 0) is 88.6 Å². The summed E-state index contributed by atoms with van der Waals surface area (Å²) in [6, 6.07) is 15.7. The second-order valence-electron chi connectivity index (χ2n) is 10.2. The number of ether oxygens (including phenoxy) is 1. The maximum Gasteiger partial charge on any atom is 0.187 e. The predicted octanol–water partition coefficient (Wildman–Crippen LogP) is 6.46. The lowest BCUT2D eigenvalue weighted by molar-refractivity contribution is 0.162. The Bertz CT molecular complexity index is 1330. The van der Waals surface area contributed by atoms with Crippen molar-refractivity contribution in [2.75, 3.05) is 27.2 Å². The summed E-state index contributed by atoms with van der Waals surface area (Å²) in [7, 11) is 4.09. The molecule has 0 aliphatic carbocycles. The Labute approximate surface area is 218 Å². The van der Waals surface area contributed by atoms with E-state index in [2.05, 4.69) is 31.9 Å². The van der Waals surface area contributed by atoms with E-state index in [1.54, 1.807) is 6.26 Å². The van der Waals surface area contributed by atoms with Crippen molar-refractivity contribution in [2.45, 2.75) is 45.4 Å². The third-order valence-electron chi connectivity index (χ3n) is 7.17. The highest BCUT2D eigenvalue weighted by Crippen LogP contribution is 2.33. The molecule has 0 N–H and O–H groups in total. The zero-order valence-corrected chi connectivity index (χ0v) is 21.7. The number of nitrogens with zero attached hydrogens (tertiary/aromatic N) is 4. The van der Waals surface area contributed by atoms with E-state index in [9.17, 15) is 0 Å². The number of benzene rings is 2. The van der Waals surface area contributed by atoms with Crippen LogP contribution >= 0.6 is 0 Å². The fourth-order valence-electron chi connectivity index (χ4n) is 5.10. The summed E-state index contributed by atoms with van der Waals surface area (Å²) in [5.41, 5.74) is 4.53. The van der Waals surface area contributed by atoms with Crippen LogP contribution in [0.5, 0.6) is 5.75 Å². The molecule has 1 aliphatic rings. The summed E-state index contributed by atoms with van der Waals surface area (Å²) in [6.07, 6.45) is 6.21. The van der Waals surface area contributed by atoms with Gasteiger partial charge in [0.25, 0.3) is 0 Å². The van der Waals surface area contributed by atoms with Crippen LogP contribution in [0.25, 0.3) is 15.8 Å². The van der Waals surface area contributed by atoms with Gasteiger partial charge in [0.2, 0.25) is 0 Å². The molecule has 0 amide bonds. The highest BCUT2D eigenvalue weighted by molar-refractivity contribution is 5.84. The van der Waals surface area contributed by atoms with Gasteiger partial charge in [-0.15, -0.1) is 0 Å². The summed E-state index contributed by atoms with van der Waals surface area (Å²) in [5.74, 6) is 2.56. The molecule has 0 saturated carbocycles. The molecule has 2 aromatic carbocycles. The SMILES string of the molecule is [C-]#[N+]c1ccc(COc2ccc3c(CCC4CCN(Cc5ccco5)CC4)noc3c2CN(C)C)cc1. The second kappa shape index (κ2) is 11.6. The van der Waals surface area contributed by atoms with Gasteiger partial charge < -0.3 is 18.6 Å². The van der Waals surface area contributed by atoms with Gasteiger partial charge in [0.05, 0.1) is 30.6 Å². The lowest BCUT2D eigenvalue weighted by atomic mass is 9.91. The number of likely N-dealkylation sites (tertiary alicyclic amines) is 1. The smallest absolute Gasteiger partial charge is 0.187 e. The van der Waals surface area contributed by atoms with Crippen LogP contribution in [-0.2, 0) is 26.1 Å². The first-order chi connectivity index (χ1) is 18.1. The minimum Gasteiger partial charge on any atom is -0.488 e. The van der Waals surface area contributed by atoms with Gasteiger partial charge in [-0.3, -0.25) is 4.90 Å². The van der Waals surface area contributed by atoms with Gasteiger partial charge in [-0.1, -0.05) is 29.4 Å². The Morgan fingerprint density at radius 2 is 1.92 bits per heavy atom. The Morgan fingerprint density at radius 3 is 2.62 bits per heavy atom. The molecule has 7 nitrogen and oxygen atoms in total. The molecule has 0 bridgehead atoms. The third kappa shape index (κ3) is 6.22. The second-order valence-corrected chi connectivity index (χ2v) is 10.2. The molecule has 7 heteroatoms. The minimum atomic E-state index is 0.434. The Hall–Kier alpha value is -3.60. The van der Waals surface area contributed by atoms with E-state index in [4.69, 9.17) is 20.2 Å². The summed E-state index contributed by atoms with van der Waals surface area (Å²) in [4.78, 5) is 8.05. The number of aryl methyl sites for hydroxylation is 1. The topological polar surface area (TPSA) is 59.2 Å². The van der Waals surface area contributed by atoms with Crippen molar-refractivity contribution >= 4 is 16.7 Å². The molecule has 1 aliphatic heterocycles. The van der Waals surface area contributed by atoms with Crippen LogP contribution in [0.2, 0.25) is 0 Å². The van der Waals surface area contributed by atoms with Crippen LogP contribution in [0.15, 0.2) is 63.7 Å². The van der Waals surface area contributed by atoms with Crippen molar-refractivity contribution in [2.24, 2.45) is 5.92 Å². The highest BCUT2D eigenvalue weighted by Gasteiger charge is 2.22. The summed E-state index contributed by atoms with van der Waals surface area (Å²) >= 11 is 0. The first-order valence-corrected chi connectivity index (χ1v) is 13.0. The molecule has 5 rings (SSSR count). The van der Waals surface area contributed by atoms with Crippen molar-refractivity contribution in [1.29, 1.82) is 0 Å². The zero-order valence-electron chi connectivity index (χ0n) is 21.7. The van der Waals surface area contributed by atoms with E-state index in [1.807, 2.05) is 50.5 Å². The highest BCUT2D eigenvalue weighted by atomic mass is 16.5. The zero-order chi connectivity index (χ0) is 25.6. The van der Waals surface area contributed by atoms with Crippen LogP contribution in [-0.4, -0.2) is 42.1 Å². The number of rotatable bonds is 10. The van der Waals surface area contributed by atoms with Gasteiger partial charge in [-0.2, -0.15) is 0 Å². The molecule has 2 aromatic heterocycles. The first kappa shape index (κ1) is 25.1. The number of piperidine rings is 1. The Balaban J connectivity index is 1.23. The van der Waals surface area contributed by atoms with Gasteiger partial charge in [-0.25, -0.2) is 4.85 Å². The molecule has 0 radical (unpaired) electrons. The molecule has 0 spiro atoms. The fraction of sp³-hybridized carbons (Fsp3) is 0.400. The first-order valence-electron chi connectivity index (χ1n) is 13.0.